The topological polar surface area (TPSA) is 63.6 Å². The Kier molecular flexibility index (Phi) is 4.76. The van der Waals surface area contributed by atoms with E-state index in [0.717, 1.165) is 16.7 Å². The fraction of sp³-hybridized carbons (Fsp3) is 0.368. The van der Waals surface area contributed by atoms with Crippen molar-refractivity contribution in [2.75, 3.05) is 6.26 Å². The summed E-state index contributed by atoms with van der Waals surface area (Å²) in [5.74, 6) is 0. The Bertz CT molecular complexity index is 784. The summed E-state index contributed by atoms with van der Waals surface area (Å²) < 4.78 is 30.6. The molecule has 0 spiro atoms. The van der Waals surface area contributed by atoms with Crippen molar-refractivity contribution < 1.29 is 18.3 Å². The Morgan fingerprint density at radius 1 is 0.958 bits per heavy atom. The zero-order chi connectivity index (χ0) is 17.3. The van der Waals surface area contributed by atoms with Gasteiger partial charge in [-0.25, -0.2) is 8.42 Å². The minimum atomic E-state index is -3.36. The van der Waals surface area contributed by atoms with Crippen LogP contribution in [0.5, 0.6) is 0 Å². The smallest absolute Gasteiger partial charge is 0.153 e. The summed E-state index contributed by atoms with van der Waals surface area (Å²) in [6, 6.07) is 17.1. The molecule has 1 fully saturated rings. The SMILES string of the molecule is Cc1ccc([C@@H]2O[C@H](c3ccccc3)[C@@H](O)C[C@@H]2S(C)(=O)=O)cc1. The molecule has 1 N–H and O–H groups in total. The molecule has 24 heavy (non-hydrogen) atoms. The highest BCUT2D eigenvalue weighted by atomic mass is 32.2. The van der Waals surface area contributed by atoms with Crippen molar-refractivity contribution in [2.24, 2.45) is 0 Å². The number of benzene rings is 2. The van der Waals surface area contributed by atoms with Crippen molar-refractivity contribution in [3.63, 3.8) is 0 Å². The molecule has 0 unspecified atom stereocenters. The van der Waals surface area contributed by atoms with E-state index < -0.39 is 33.4 Å². The fourth-order valence-electron chi connectivity index (χ4n) is 3.21. The third-order valence-electron chi connectivity index (χ3n) is 4.54. The predicted molar refractivity (Wildman–Crippen MR) is 93.4 cm³/mol. The summed E-state index contributed by atoms with van der Waals surface area (Å²) in [5.41, 5.74) is 2.78. The molecule has 1 saturated heterocycles. The molecular formula is C19H22O4S. The lowest BCUT2D eigenvalue weighted by molar-refractivity contribution is -0.119. The molecule has 2 aromatic rings. The number of hydrogen-bond acceptors (Lipinski definition) is 4. The van der Waals surface area contributed by atoms with E-state index in [9.17, 15) is 13.5 Å². The maximum Gasteiger partial charge on any atom is 0.153 e. The van der Waals surface area contributed by atoms with E-state index in [2.05, 4.69) is 0 Å². The van der Waals surface area contributed by atoms with Gasteiger partial charge in [0, 0.05) is 6.26 Å². The molecule has 1 aliphatic rings. The van der Waals surface area contributed by atoms with Gasteiger partial charge in [0.1, 0.15) is 12.2 Å². The quantitative estimate of drug-likeness (QED) is 0.928. The van der Waals surface area contributed by atoms with Crippen LogP contribution in [0.25, 0.3) is 0 Å². The van der Waals surface area contributed by atoms with Gasteiger partial charge < -0.3 is 9.84 Å². The van der Waals surface area contributed by atoms with Crippen molar-refractivity contribution in [2.45, 2.75) is 36.9 Å². The fourth-order valence-corrected chi connectivity index (χ4v) is 4.43. The first kappa shape index (κ1) is 17.1. The van der Waals surface area contributed by atoms with Crippen LogP contribution < -0.4 is 0 Å². The maximum atomic E-state index is 12.2. The van der Waals surface area contributed by atoms with Crippen molar-refractivity contribution in [1.29, 1.82) is 0 Å². The van der Waals surface area contributed by atoms with E-state index in [4.69, 9.17) is 4.74 Å². The normalized spacial score (nSPS) is 27.8. The van der Waals surface area contributed by atoms with Crippen LogP contribution in [0.15, 0.2) is 54.6 Å². The number of rotatable bonds is 3. The first-order valence-electron chi connectivity index (χ1n) is 8.00. The summed E-state index contributed by atoms with van der Waals surface area (Å²) in [7, 11) is -3.36. The number of aryl methyl sites for hydroxylation is 1. The molecule has 4 nitrogen and oxygen atoms in total. The number of aliphatic hydroxyl groups is 1. The third kappa shape index (κ3) is 3.53. The second kappa shape index (κ2) is 6.67. The molecule has 0 aliphatic carbocycles. The number of ether oxygens (including phenoxy) is 1. The van der Waals surface area contributed by atoms with Gasteiger partial charge in [-0.1, -0.05) is 60.2 Å². The van der Waals surface area contributed by atoms with Crippen LogP contribution in [0.4, 0.5) is 0 Å². The predicted octanol–water partition coefficient (Wildman–Crippen LogP) is 2.97. The lowest BCUT2D eigenvalue weighted by Gasteiger charge is -2.39. The van der Waals surface area contributed by atoms with Gasteiger partial charge in [-0.2, -0.15) is 0 Å². The Balaban J connectivity index is 1.99. The largest absolute Gasteiger partial charge is 0.390 e. The molecule has 5 heteroatoms. The molecule has 4 atom stereocenters. The summed E-state index contributed by atoms with van der Waals surface area (Å²) in [6.07, 6.45) is -0.604. The Morgan fingerprint density at radius 2 is 1.54 bits per heavy atom. The van der Waals surface area contributed by atoms with E-state index in [0.29, 0.717) is 0 Å². The van der Waals surface area contributed by atoms with Crippen molar-refractivity contribution in [3.05, 3.63) is 71.3 Å². The molecule has 0 radical (unpaired) electrons. The number of hydrogen-bond donors (Lipinski definition) is 1. The standard InChI is InChI=1S/C19H22O4S/c1-13-8-10-15(11-9-13)19-17(24(2,21)22)12-16(20)18(23-19)14-6-4-3-5-7-14/h3-11,16-20H,12H2,1-2H3/t16-,17-,18+,19-/m0/s1. The molecule has 3 rings (SSSR count). The van der Waals surface area contributed by atoms with Gasteiger partial charge in [0.25, 0.3) is 0 Å². The van der Waals surface area contributed by atoms with Gasteiger partial charge in [-0.15, -0.1) is 0 Å². The van der Waals surface area contributed by atoms with Gasteiger partial charge in [0.2, 0.25) is 0 Å². The Morgan fingerprint density at radius 3 is 2.12 bits per heavy atom. The lowest BCUT2D eigenvalue weighted by atomic mass is 9.92. The zero-order valence-corrected chi connectivity index (χ0v) is 14.6. The average Bonchev–Trinajstić information content (AvgIpc) is 2.55. The van der Waals surface area contributed by atoms with E-state index in [1.165, 1.54) is 6.26 Å². The highest BCUT2D eigenvalue weighted by Gasteiger charge is 2.43. The average molecular weight is 346 g/mol. The molecule has 2 aromatic carbocycles. The van der Waals surface area contributed by atoms with Crippen LogP contribution in [0.3, 0.4) is 0 Å². The molecule has 128 valence electrons. The Labute approximate surface area is 143 Å². The van der Waals surface area contributed by atoms with E-state index >= 15 is 0 Å². The highest BCUT2D eigenvalue weighted by Crippen LogP contribution is 2.41. The van der Waals surface area contributed by atoms with Gasteiger partial charge in [0.15, 0.2) is 9.84 Å². The van der Waals surface area contributed by atoms with Crippen LogP contribution in [0.1, 0.15) is 35.3 Å². The van der Waals surface area contributed by atoms with Crippen molar-refractivity contribution >= 4 is 9.84 Å². The monoisotopic (exact) mass is 346 g/mol. The minimum Gasteiger partial charge on any atom is -0.390 e. The molecule has 0 aromatic heterocycles. The number of aliphatic hydroxyl groups excluding tert-OH is 1. The van der Waals surface area contributed by atoms with Crippen LogP contribution in [-0.2, 0) is 14.6 Å². The lowest BCUT2D eigenvalue weighted by Crippen LogP contribution is -2.42. The maximum absolute atomic E-state index is 12.2. The van der Waals surface area contributed by atoms with Gasteiger partial charge in [-0.05, 0) is 24.5 Å². The van der Waals surface area contributed by atoms with Crippen molar-refractivity contribution in [3.8, 4) is 0 Å². The molecule has 0 bridgehead atoms. The summed E-state index contributed by atoms with van der Waals surface area (Å²) in [6.45, 7) is 1.98. The van der Waals surface area contributed by atoms with Crippen LogP contribution in [0, 0.1) is 6.92 Å². The van der Waals surface area contributed by atoms with Crippen LogP contribution >= 0.6 is 0 Å². The third-order valence-corrected chi connectivity index (χ3v) is 6.08. The second-order valence-corrected chi connectivity index (χ2v) is 8.73. The van der Waals surface area contributed by atoms with E-state index in [-0.39, 0.29) is 6.42 Å². The highest BCUT2D eigenvalue weighted by molar-refractivity contribution is 7.91. The van der Waals surface area contributed by atoms with E-state index in [1.54, 1.807) is 0 Å². The van der Waals surface area contributed by atoms with Gasteiger partial charge in [-0.3, -0.25) is 0 Å². The first-order valence-corrected chi connectivity index (χ1v) is 9.95. The summed E-state index contributed by atoms with van der Waals surface area (Å²) in [5, 5.41) is 9.72. The van der Waals surface area contributed by atoms with Crippen molar-refractivity contribution in [1.82, 2.24) is 0 Å². The molecular weight excluding hydrogens is 324 g/mol. The molecule has 0 saturated carbocycles. The minimum absolute atomic E-state index is 0.164. The van der Waals surface area contributed by atoms with Gasteiger partial charge >= 0.3 is 0 Å². The zero-order valence-electron chi connectivity index (χ0n) is 13.8. The molecule has 1 heterocycles. The second-order valence-electron chi connectivity index (χ2n) is 6.47. The first-order chi connectivity index (χ1) is 11.4. The summed E-state index contributed by atoms with van der Waals surface area (Å²) in [4.78, 5) is 0. The van der Waals surface area contributed by atoms with Gasteiger partial charge in [0.05, 0.1) is 11.4 Å². The molecule has 0 amide bonds. The summed E-state index contributed by atoms with van der Waals surface area (Å²) >= 11 is 0. The Hall–Kier alpha value is -1.69. The van der Waals surface area contributed by atoms with E-state index in [1.807, 2.05) is 61.5 Å². The molecule has 1 aliphatic heterocycles. The van der Waals surface area contributed by atoms with Crippen LogP contribution in [0.2, 0.25) is 0 Å². The van der Waals surface area contributed by atoms with Crippen LogP contribution in [-0.4, -0.2) is 31.1 Å². The number of sulfone groups is 1.